The van der Waals surface area contributed by atoms with Crippen LogP contribution in [0.5, 0.6) is 0 Å². The number of H-pyrrole nitrogens is 2. The minimum absolute atomic E-state index is 0.0182. The number of hydrogen-bond donors (Lipinski definition) is 2. The van der Waals surface area contributed by atoms with Gasteiger partial charge in [-0.2, -0.15) is 10.2 Å². The van der Waals surface area contributed by atoms with Crippen LogP contribution in [0.3, 0.4) is 0 Å². The molecule has 10 heteroatoms. The molecule has 0 amide bonds. The Labute approximate surface area is 433 Å². The monoisotopic (exact) mass is 969 g/mol. The summed E-state index contributed by atoms with van der Waals surface area (Å²) >= 11 is 0. The van der Waals surface area contributed by atoms with Gasteiger partial charge in [0.05, 0.1) is 56.9 Å². The van der Waals surface area contributed by atoms with Crippen molar-refractivity contribution >= 4 is 56.2 Å². The van der Waals surface area contributed by atoms with Crippen LogP contribution in [0.2, 0.25) is 0 Å². The molecule has 0 fully saturated rings. The van der Waals surface area contributed by atoms with Crippen LogP contribution in [0.25, 0.3) is 56.0 Å². The van der Waals surface area contributed by atoms with E-state index in [1.165, 1.54) is 33.6 Å². The molecule has 0 radical (unpaired) electrons. The maximum Gasteiger partial charge on any atom is 0.138 e. The molecule has 12 rings (SSSR count). The van der Waals surface area contributed by atoms with Crippen LogP contribution >= 0.6 is 0 Å². The number of aromatic nitrogens is 4. The molecule has 4 heterocycles. The van der Waals surface area contributed by atoms with Crippen LogP contribution in [0.4, 0.5) is 22.7 Å². The van der Waals surface area contributed by atoms with E-state index in [2.05, 4.69) is 215 Å². The van der Waals surface area contributed by atoms with Crippen LogP contribution in [0.15, 0.2) is 204 Å². The highest BCUT2D eigenvalue weighted by Gasteiger charge is 2.32. The highest BCUT2D eigenvalue weighted by molar-refractivity contribution is 6.04. The third-order valence-corrected chi connectivity index (χ3v) is 15.0. The summed E-state index contributed by atoms with van der Waals surface area (Å²) in [7, 11) is 0. The van der Waals surface area contributed by atoms with E-state index in [9.17, 15) is 0 Å². The van der Waals surface area contributed by atoms with Crippen molar-refractivity contribution in [3.8, 4) is 33.9 Å². The topological polar surface area (TPSA) is 95.0 Å². The summed E-state index contributed by atoms with van der Waals surface area (Å²) < 4.78 is 0. The molecule has 2 aliphatic rings. The summed E-state index contributed by atoms with van der Waals surface area (Å²) in [5.41, 5.74) is 19.8. The minimum Gasteiger partial charge on any atom is -0.372 e. The summed E-state index contributed by atoms with van der Waals surface area (Å²) in [6.45, 7) is 12.7. The third kappa shape index (κ3) is 8.97. The molecule has 0 saturated heterocycles. The molecule has 2 N–H and O–H groups in total. The summed E-state index contributed by atoms with van der Waals surface area (Å²) in [5.74, 6) is 1.72. The van der Waals surface area contributed by atoms with Crippen molar-refractivity contribution in [2.24, 2.45) is 10.2 Å². The van der Waals surface area contributed by atoms with Gasteiger partial charge in [-0.25, -0.2) is 9.97 Å². The van der Waals surface area contributed by atoms with E-state index in [-0.39, 0.29) is 12.1 Å². The number of aromatic amines is 2. The van der Waals surface area contributed by atoms with Crippen molar-refractivity contribution in [3.05, 3.63) is 216 Å². The van der Waals surface area contributed by atoms with E-state index in [1.807, 2.05) is 36.4 Å². The third-order valence-electron chi connectivity index (χ3n) is 15.0. The zero-order valence-corrected chi connectivity index (χ0v) is 42.5. The summed E-state index contributed by atoms with van der Waals surface area (Å²) in [6.07, 6.45) is 1.57. The Balaban J connectivity index is 0.812. The second kappa shape index (κ2) is 20.0. The summed E-state index contributed by atoms with van der Waals surface area (Å²) in [4.78, 5) is 21.4. The molecule has 2 aliphatic heterocycles. The lowest BCUT2D eigenvalue weighted by molar-refractivity contribution is 0.709. The Bertz CT molecular complexity index is 3290. The average Bonchev–Trinajstić information content (AvgIpc) is 4.30. The van der Waals surface area contributed by atoms with Crippen LogP contribution < -0.4 is 19.8 Å². The number of imidazole rings is 2. The standard InChI is InChI=1S/C64H60N10/c1-5-71(6-2)51-33-25-45(26-34-51)59-41-61(73(69-59)53-37-29-49(30-38-53)63-65-55-13-9-10-14-56(55)66-63)47-21-17-43(18-22-47)44-19-23-48(24-20-44)62-42-60(46-27-35-52(36-28-46)72(7-3)8-4)70-74(62)54-39-31-50(32-40-54)64-67-57-15-11-12-16-58(57)68-64/h9-40,61-62H,5-8,41-42H2,1-4H3,(H,65,66)(H,67,68). The van der Waals surface area contributed by atoms with Crippen molar-refractivity contribution in [3.63, 3.8) is 0 Å². The van der Waals surface area contributed by atoms with Crippen molar-refractivity contribution in [2.75, 3.05) is 46.0 Å². The van der Waals surface area contributed by atoms with Gasteiger partial charge < -0.3 is 19.8 Å². The van der Waals surface area contributed by atoms with Crippen LogP contribution in [-0.2, 0) is 0 Å². The van der Waals surface area contributed by atoms with Gasteiger partial charge in [0.2, 0.25) is 0 Å². The number of hydrazone groups is 2. The van der Waals surface area contributed by atoms with Crippen LogP contribution in [-0.4, -0.2) is 57.5 Å². The molecule has 0 bridgehead atoms. The Kier molecular flexibility index (Phi) is 12.5. The minimum atomic E-state index is 0.0182. The first-order valence-electron chi connectivity index (χ1n) is 26.2. The van der Waals surface area contributed by atoms with Crippen molar-refractivity contribution < 1.29 is 0 Å². The van der Waals surface area contributed by atoms with Gasteiger partial charge in [0, 0.05) is 61.5 Å². The lowest BCUT2D eigenvalue weighted by Gasteiger charge is -2.25. The number of benzene rings is 8. The zero-order chi connectivity index (χ0) is 50.1. The molecule has 0 spiro atoms. The lowest BCUT2D eigenvalue weighted by atomic mass is 9.94. The van der Waals surface area contributed by atoms with Gasteiger partial charge in [0.25, 0.3) is 0 Å². The molecule has 2 unspecified atom stereocenters. The summed E-state index contributed by atoms with van der Waals surface area (Å²) in [6, 6.07) is 69.6. The molecule has 2 aromatic heterocycles. The average molecular weight is 969 g/mol. The number of nitrogens with one attached hydrogen (secondary N) is 2. The molecule has 10 aromatic rings. The number of rotatable bonds is 15. The van der Waals surface area contributed by atoms with Crippen LogP contribution in [0, 0.1) is 0 Å². The van der Waals surface area contributed by atoms with Crippen molar-refractivity contribution in [2.45, 2.75) is 52.6 Å². The largest absolute Gasteiger partial charge is 0.372 e. The van der Waals surface area contributed by atoms with Crippen molar-refractivity contribution in [1.82, 2.24) is 19.9 Å². The first-order valence-corrected chi connectivity index (χ1v) is 26.2. The Hall–Kier alpha value is -8.76. The SMILES string of the molecule is CCN(CC)c1ccc(C2=NN(c3ccc(-c4nc5ccccc5[nH]4)cc3)C(c3ccc(-c4ccc(C5CC(c6ccc(N(CC)CC)cc6)=NN5c5ccc(-c6nc7ccccc7[nH]6)cc5)cc4)cc3)C2)cc1. The predicted molar refractivity (Wildman–Crippen MR) is 308 cm³/mol. The number of anilines is 4. The fourth-order valence-corrected chi connectivity index (χ4v) is 10.8. The molecular weight excluding hydrogens is 909 g/mol. The second-order valence-electron chi connectivity index (χ2n) is 19.2. The normalized spacial score (nSPS) is 15.5. The Morgan fingerprint density at radius 2 is 0.730 bits per heavy atom. The van der Waals surface area contributed by atoms with Crippen LogP contribution in [0.1, 0.15) is 74.9 Å². The zero-order valence-electron chi connectivity index (χ0n) is 42.5. The van der Waals surface area contributed by atoms with E-state index in [0.717, 1.165) is 118 Å². The van der Waals surface area contributed by atoms with Crippen molar-refractivity contribution in [1.29, 1.82) is 0 Å². The van der Waals surface area contributed by atoms with E-state index in [0.29, 0.717) is 0 Å². The number of para-hydroxylation sites is 4. The first kappa shape index (κ1) is 46.3. The Morgan fingerprint density at radius 3 is 1.08 bits per heavy atom. The smallest absolute Gasteiger partial charge is 0.138 e. The van der Waals surface area contributed by atoms with Gasteiger partial charge in [-0.05, 0) is 158 Å². The fourth-order valence-electron chi connectivity index (χ4n) is 10.8. The molecular formula is C64H60N10. The predicted octanol–water partition coefficient (Wildman–Crippen LogP) is 14.8. The lowest BCUT2D eigenvalue weighted by Crippen LogP contribution is -2.21. The molecule has 2 atom stereocenters. The van der Waals surface area contributed by atoms with E-state index in [1.54, 1.807) is 0 Å². The Morgan fingerprint density at radius 1 is 0.392 bits per heavy atom. The van der Waals surface area contributed by atoms with Gasteiger partial charge >= 0.3 is 0 Å². The van der Waals surface area contributed by atoms with Gasteiger partial charge in [-0.15, -0.1) is 0 Å². The van der Waals surface area contributed by atoms with Gasteiger partial charge in [-0.1, -0.05) is 97.1 Å². The number of fused-ring (bicyclic) bond motifs is 2. The van der Waals surface area contributed by atoms with Gasteiger partial charge in [0.15, 0.2) is 0 Å². The quantitative estimate of drug-likeness (QED) is 0.106. The molecule has 74 heavy (non-hydrogen) atoms. The summed E-state index contributed by atoms with van der Waals surface area (Å²) in [5, 5.41) is 15.1. The maximum atomic E-state index is 5.36. The highest BCUT2D eigenvalue weighted by atomic mass is 15.5. The van der Waals surface area contributed by atoms with E-state index in [4.69, 9.17) is 20.2 Å². The molecule has 8 aromatic carbocycles. The molecule has 0 aliphatic carbocycles. The molecule has 0 saturated carbocycles. The van der Waals surface area contributed by atoms with Gasteiger partial charge in [0.1, 0.15) is 11.6 Å². The molecule has 366 valence electrons. The molecule has 10 nitrogen and oxygen atoms in total. The van der Waals surface area contributed by atoms with Gasteiger partial charge in [-0.3, -0.25) is 10.0 Å². The number of hydrogen-bond acceptors (Lipinski definition) is 8. The maximum absolute atomic E-state index is 5.36. The van der Waals surface area contributed by atoms with E-state index < -0.39 is 0 Å². The highest BCUT2D eigenvalue weighted by Crippen LogP contribution is 2.41. The first-order chi connectivity index (χ1) is 36.4. The fraction of sp³-hybridized carbons (Fsp3) is 0.188. The van der Waals surface area contributed by atoms with E-state index >= 15 is 0 Å². The number of nitrogens with zero attached hydrogens (tertiary/aromatic N) is 8. The second-order valence-corrected chi connectivity index (χ2v) is 19.2.